The molecule has 0 spiro atoms. The molecule has 152 valence electrons. The molecule has 1 saturated heterocycles. The van der Waals surface area contributed by atoms with Gasteiger partial charge in [0, 0.05) is 44.7 Å². The second-order valence-electron chi connectivity index (χ2n) is 7.10. The summed E-state index contributed by atoms with van der Waals surface area (Å²) in [6.07, 6.45) is 0.649. The number of rotatable bonds is 7. The first-order chi connectivity index (χ1) is 14.1. The zero-order valence-corrected chi connectivity index (χ0v) is 17.0. The van der Waals surface area contributed by atoms with Crippen molar-refractivity contribution >= 4 is 10.0 Å². The number of hydrogen-bond donors (Lipinski definition) is 0. The molecule has 1 aliphatic rings. The van der Waals surface area contributed by atoms with Crippen molar-refractivity contribution in [1.29, 1.82) is 0 Å². The van der Waals surface area contributed by atoms with E-state index >= 15 is 0 Å². The highest BCUT2D eigenvalue weighted by Gasteiger charge is 2.27. The van der Waals surface area contributed by atoms with Crippen LogP contribution in [0.3, 0.4) is 0 Å². The highest BCUT2D eigenvalue weighted by molar-refractivity contribution is 7.88. The first kappa shape index (κ1) is 19.8. The van der Waals surface area contributed by atoms with Crippen LogP contribution in [0.5, 0.6) is 0 Å². The van der Waals surface area contributed by atoms with E-state index in [0.717, 1.165) is 17.7 Å². The number of sulfonamides is 1. The Labute approximate surface area is 171 Å². The summed E-state index contributed by atoms with van der Waals surface area (Å²) in [5, 5.41) is 8.24. The van der Waals surface area contributed by atoms with E-state index in [0.29, 0.717) is 44.4 Å². The second-order valence-corrected chi connectivity index (χ2v) is 9.07. The summed E-state index contributed by atoms with van der Waals surface area (Å²) < 4.78 is 32.6. The molecular weight excluding hydrogens is 388 g/mol. The van der Waals surface area contributed by atoms with Crippen molar-refractivity contribution in [1.82, 2.24) is 19.4 Å². The molecule has 1 aliphatic heterocycles. The van der Waals surface area contributed by atoms with Crippen LogP contribution < -0.4 is 0 Å². The van der Waals surface area contributed by atoms with E-state index in [1.54, 1.807) is 4.31 Å². The Hall–Kier alpha value is -2.55. The Morgan fingerprint density at radius 2 is 1.52 bits per heavy atom. The molecule has 0 radical (unpaired) electrons. The predicted octanol–water partition coefficient (Wildman–Crippen LogP) is 2.43. The smallest absolute Gasteiger partial charge is 0.247 e. The molecule has 0 aliphatic carbocycles. The highest BCUT2D eigenvalue weighted by atomic mass is 32.2. The molecule has 1 aromatic heterocycles. The summed E-state index contributed by atoms with van der Waals surface area (Å²) in [4.78, 5) is 2.24. The van der Waals surface area contributed by atoms with Gasteiger partial charge in [0.05, 0.1) is 5.75 Å². The molecule has 0 atom stereocenters. The lowest BCUT2D eigenvalue weighted by Crippen LogP contribution is -2.49. The van der Waals surface area contributed by atoms with Gasteiger partial charge in [-0.2, -0.15) is 4.31 Å². The van der Waals surface area contributed by atoms with Gasteiger partial charge in [0.1, 0.15) is 0 Å². The molecule has 1 fully saturated rings. The normalized spacial score (nSPS) is 16.1. The second kappa shape index (κ2) is 8.86. The Kier molecular flexibility index (Phi) is 6.03. The van der Waals surface area contributed by atoms with Crippen molar-refractivity contribution in [3.63, 3.8) is 0 Å². The van der Waals surface area contributed by atoms with Crippen LogP contribution in [-0.4, -0.2) is 60.5 Å². The van der Waals surface area contributed by atoms with Gasteiger partial charge in [0.15, 0.2) is 0 Å². The van der Waals surface area contributed by atoms with E-state index in [9.17, 15) is 8.42 Å². The van der Waals surface area contributed by atoms with Crippen molar-refractivity contribution in [2.75, 3.05) is 32.7 Å². The van der Waals surface area contributed by atoms with Crippen molar-refractivity contribution in [2.45, 2.75) is 12.2 Å². The van der Waals surface area contributed by atoms with Crippen LogP contribution in [0.2, 0.25) is 0 Å². The van der Waals surface area contributed by atoms with Gasteiger partial charge in [-0.15, -0.1) is 10.2 Å². The lowest BCUT2D eigenvalue weighted by molar-refractivity contribution is 0.187. The fourth-order valence-electron chi connectivity index (χ4n) is 3.41. The van der Waals surface area contributed by atoms with Crippen LogP contribution in [-0.2, 0) is 22.2 Å². The van der Waals surface area contributed by atoms with Crippen molar-refractivity contribution in [3.05, 3.63) is 72.1 Å². The summed E-state index contributed by atoms with van der Waals surface area (Å²) in [5.41, 5.74) is 1.73. The monoisotopic (exact) mass is 412 g/mol. The molecule has 0 unspecified atom stereocenters. The molecule has 0 N–H and O–H groups in total. The van der Waals surface area contributed by atoms with E-state index in [1.165, 1.54) is 0 Å². The van der Waals surface area contributed by atoms with Gasteiger partial charge in [0.2, 0.25) is 21.8 Å². The predicted molar refractivity (Wildman–Crippen MR) is 111 cm³/mol. The van der Waals surface area contributed by atoms with Gasteiger partial charge >= 0.3 is 0 Å². The van der Waals surface area contributed by atoms with Gasteiger partial charge in [-0.1, -0.05) is 48.5 Å². The minimum atomic E-state index is -3.29. The van der Waals surface area contributed by atoms with E-state index in [1.807, 2.05) is 60.7 Å². The Morgan fingerprint density at radius 3 is 2.21 bits per heavy atom. The van der Waals surface area contributed by atoms with Crippen LogP contribution in [0, 0.1) is 0 Å². The van der Waals surface area contributed by atoms with E-state index in [-0.39, 0.29) is 5.75 Å². The standard InChI is InChI=1S/C21H24N4O3S/c26-29(27,17-18-7-3-1-4-8-18)25-15-13-24(14-16-25)12-11-20-22-23-21(28-20)19-9-5-2-6-10-19/h1-10H,11-17H2. The Morgan fingerprint density at radius 1 is 0.862 bits per heavy atom. The van der Waals surface area contributed by atoms with Gasteiger partial charge in [0.25, 0.3) is 0 Å². The molecule has 7 nitrogen and oxygen atoms in total. The molecule has 4 rings (SSSR count). The number of piperazine rings is 1. The van der Waals surface area contributed by atoms with Crippen LogP contribution in [0.1, 0.15) is 11.5 Å². The molecular formula is C21H24N4O3S. The van der Waals surface area contributed by atoms with Crippen LogP contribution in [0.25, 0.3) is 11.5 Å². The zero-order chi connectivity index (χ0) is 20.1. The van der Waals surface area contributed by atoms with E-state index < -0.39 is 10.0 Å². The third kappa shape index (κ3) is 5.09. The van der Waals surface area contributed by atoms with Gasteiger partial charge in [-0.25, -0.2) is 8.42 Å². The summed E-state index contributed by atoms with van der Waals surface area (Å²) in [7, 11) is -3.29. The summed E-state index contributed by atoms with van der Waals surface area (Å²) in [5.74, 6) is 1.18. The minimum Gasteiger partial charge on any atom is -0.421 e. The third-order valence-corrected chi connectivity index (χ3v) is 6.90. The van der Waals surface area contributed by atoms with Crippen LogP contribution in [0.15, 0.2) is 65.1 Å². The van der Waals surface area contributed by atoms with Gasteiger partial charge in [-0.3, -0.25) is 0 Å². The maximum absolute atomic E-state index is 12.7. The molecule has 8 heteroatoms. The average Bonchev–Trinajstić information content (AvgIpc) is 3.23. The SMILES string of the molecule is O=S(=O)(Cc1ccccc1)N1CCN(CCc2nnc(-c3ccccc3)o2)CC1. The van der Waals surface area contributed by atoms with Crippen molar-refractivity contribution in [2.24, 2.45) is 0 Å². The summed E-state index contributed by atoms with van der Waals surface area (Å²) >= 11 is 0. The maximum atomic E-state index is 12.7. The largest absolute Gasteiger partial charge is 0.421 e. The topological polar surface area (TPSA) is 79.5 Å². The highest BCUT2D eigenvalue weighted by Crippen LogP contribution is 2.18. The average molecular weight is 413 g/mol. The quantitative estimate of drug-likeness (QED) is 0.593. The minimum absolute atomic E-state index is 0.0537. The molecule has 2 aromatic carbocycles. The molecule has 0 saturated carbocycles. The van der Waals surface area contributed by atoms with E-state index in [2.05, 4.69) is 15.1 Å². The molecule has 0 bridgehead atoms. The van der Waals surface area contributed by atoms with E-state index in [4.69, 9.17) is 4.42 Å². The lowest BCUT2D eigenvalue weighted by Gasteiger charge is -2.33. The molecule has 29 heavy (non-hydrogen) atoms. The maximum Gasteiger partial charge on any atom is 0.247 e. The van der Waals surface area contributed by atoms with Crippen LogP contribution >= 0.6 is 0 Å². The van der Waals surface area contributed by atoms with Gasteiger partial charge in [-0.05, 0) is 17.7 Å². The summed E-state index contributed by atoms with van der Waals surface area (Å²) in [6.45, 7) is 3.19. The summed E-state index contributed by atoms with van der Waals surface area (Å²) in [6, 6.07) is 19.0. The molecule has 2 heterocycles. The fraction of sp³-hybridized carbons (Fsp3) is 0.333. The number of aromatic nitrogens is 2. The van der Waals surface area contributed by atoms with Gasteiger partial charge < -0.3 is 9.32 Å². The van der Waals surface area contributed by atoms with Crippen LogP contribution in [0.4, 0.5) is 0 Å². The van der Waals surface area contributed by atoms with Crippen molar-refractivity contribution < 1.29 is 12.8 Å². The number of benzene rings is 2. The number of nitrogens with zero attached hydrogens (tertiary/aromatic N) is 4. The lowest BCUT2D eigenvalue weighted by atomic mass is 10.2. The molecule has 0 amide bonds. The Bertz CT molecular complexity index is 1010. The number of hydrogen-bond acceptors (Lipinski definition) is 6. The first-order valence-corrected chi connectivity index (χ1v) is 11.3. The Balaban J connectivity index is 1.27. The first-order valence-electron chi connectivity index (χ1n) is 9.72. The third-order valence-electron chi connectivity index (χ3n) is 5.05. The fourth-order valence-corrected chi connectivity index (χ4v) is 4.93. The zero-order valence-electron chi connectivity index (χ0n) is 16.1. The van der Waals surface area contributed by atoms with Crippen molar-refractivity contribution in [3.8, 4) is 11.5 Å². The molecule has 3 aromatic rings.